The molecule has 0 saturated carbocycles. The third kappa shape index (κ3) is 2.34. The Morgan fingerprint density at radius 2 is 2.06 bits per heavy atom. The molecule has 0 N–H and O–H groups in total. The highest BCUT2D eigenvalue weighted by Gasteiger charge is 2.28. The standard InChI is InChI=1S/C14H20N2O2/c1-10-5-6-11(7-13(10)14(17)18-4)16-8-12(9-16)15(2)3/h5-7,12H,8-9H2,1-4H3. The van der Waals surface area contributed by atoms with Crippen LogP contribution < -0.4 is 4.90 Å². The average molecular weight is 248 g/mol. The van der Waals surface area contributed by atoms with Crippen molar-refractivity contribution in [2.24, 2.45) is 0 Å². The predicted molar refractivity (Wildman–Crippen MR) is 72.2 cm³/mol. The fourth-order valence-electron chi connectivity index (χ4n) is 2.13. The van der Waals surface area contributed by atoms with Crippen molar-refractivity contribution in [2.45, 2.75) is 13.0 Å². The lowest BCUT2D eigenvalue weighted by atomic mass is 10.0. The number of rotatable bonds is 3. The zero-order chi connectivity index (χ0) is 13.3. The summed E-state index contributed by atoms with van der Waals surface area (Å²) >= 11 is 0. The molecule has 1 saturated heterocycles. The number of carbonyl (C=O) groups excluding carboxylic acids is 1. The van der Waals surface area contributed by atoms with E-state index in [9.17, 15) is 4.79 Å². The van der Waals surface area contributed by atoms with Crippen molar-refractivity contribution in [3.63, 3.8) is 0 Å². The number of benzene rings is 1. The first-order chi connectivity index (χ1) is 8.52. The summed E-state index contributed by atoms with van der Waals surface area (Å²) in [6, 6.07) is 6.57. The minimum Gasteiger partial charge on any atom is -0.465 e. The van der Waals surface area contributed by atoms with Crippen LogP contribution in [0.5, 0.6) is 0 Å². The Balaban J connectivity index is 2.14. The van der Waals surface area contributed by atoms with Crippen LogP contribution in [-0.4, -0.2) is 51.2 Å². The van der Waals surface area contributed by atoms with Crippen LogP contribution in [0.3, 0.4) is 0 Å². The highest BCUT2D eigenvalue weighted by atomic mass is 16.5. The van der Waals surface area contributed by atoms with Gasteiger partial charge in [-0.15, -0.1) is 0 Å². The van der Waals surface area contributed by atoms with Crippen molar-refractivity contribution in [2.75, 3.05) is 39.2 Å². The molecule has 4 nitrogen and oxygen atoms in total. The van der Waals surface area contributed by atoms with Gasteiger partial charge in [-0.1, -0.05) is 6.07 Å². The van der Waals surface area contributed by atoms with E-state index < -0.39 is 0 Å². The van der Waals surface area contributed by atoms with Crippen molar-refractivity contribution >= 4 is 11.7 Å². The summed E-state index contributed by atoms with van der Waals surface area (Å²) in [6.07, 6.45) is 0. The van der Waals surface area contributed by atoms with Gasteiger partial charge in [0.1, 0.15) is 0 Å². The van der Waals surface area contributed by atoms with Crippen LogP contribution in [0.15, 0.2) is 18.2 Å². The summed E-state index contributed by atoms with van der Waals surface area (Å²) in [5, 5.41) is 0. The fourth-order valence-corrected chi connectivity index (χ4v) is 2.13. The summed E-state index contributed by atoms with van der Waals surface area (Å²) in [6.45, 7) is 3.95. The molecule has 1 aromatic carbocycles. The second-order valence-corrected chi connectivity index (χ2v) is 5.01. The molecule has 98 valence electrons. The normalized spacial score (nSPS) is 15.7. The lowest BCUT2D eigenvalue weighted by molar-refractivity contribution is 0.0600. The van der Waals surface area contributed by atoms with Crippen LogP contribution in [0.1, 0.15) is 15.9 Å². The van der Waals surface area contributed by atoms with Gasteiger partial charge < -0.3 is 14.5 Å². The summed E-state index contributed by atoms with van der Waals surface area (Å²) in [5.74, 6) is -0.265. The topological polar surface area (TPSA) is 32.8 Å². The molecule has 0 radical (unpaired) electrons. The molecule has 1 aliphatic heterocycles. The molecule has 18 heavy (non-hydrogen) atoms. The molecule has 1 aliphatic rings. The number of methoxy groups -OCH3 is 1. The van der Waals surface area contributed by atoms with Gasteiger partial charge in [-0.25, -0.2) is 4.79 Å². The third-order valence-electron chi connectivity index (χ3n) is 3.58. The average Bonchev–Trinajstić information content (AvgIpc) is 2.27. The highest BCUT2D eigenvalue weighted by molar-refractivity contribution is 5.92. The Hall–Kier alpha value is -1.55. The number of nitrogens with zero attached hydrogens (tertiary/aromatic N) is 2. The van der Waals surface area contributed by atoms with Crippen LogP contribution in [0, 0.1) is 6.92 Å². The second kappa shape index (κ2) is 4.98. The van der Waals surface area contributed by atoms with E-state index in [4.69, 9.17) is 4.74 Å². The lowest BCUT2D eigenvalue weighted by Gasteiger charge is -2.44. The van der Waals surface area contributed by atoms with Crippen molar-refractivity contribution < 1.29 is 9.53 Å². The van der Waals surface area contributed by atoms with Gasteiger partial charge >= 0.3 is 5.97 Å². The van der Waals surface area contributed by atoms with Crippen LogP contribution in [0.4, 0.5) is 5.69 Å². The molecule has 4 heteroatoms. The van der Waals surface area contributed by atoms with Gasteiger partial charge in [0.15, 0.2) is 0 Å². The minimum atomic E-state index is -0.265. The number of anilines is 1. The first kappa shape index (κ1) is 12.9. The number of likely N-dealkylation sites (N-methyl/N-ethyl adjacent to an activating group) is 1. The number of aryl methyl sites for hydroxylation is 1. The third-order valence-corrected chi connectivity index (χ3v) is 3.58. The van der Waals surface area contributed by atoms with E-state index in [1.54, 1.807) is 0 Å². The number of hydrogen-bond acceptors (Lipinski definition) is 4. The van der Waals surface area contributed by atoms with Crippen LogP contribution in [-0.2, 0) is 4.74 Å². The quantitative estimate of drug-likeness (QED) is 0.760. The van der Waals surface area contributed by atoms with E-state index in [1.807, 2.05) is 19.1 Å². The van der Waals surface area contributed by atoms with E-state index in [0.717, 1.165) is 24.3 Å². The van der Waals surface area contributed by atoms with Crippen molar-refractivity contribution in [1.82, 2.24) is 4.90 Å². The Morgan fingerprint density at radius 1 is 1.39 bits per heavy atom. The molecule has 1 fully saturated rings. The van der Waals surface area contributed by atoms with Gasteiger partial charge in [-0.2, -0.15) is 0 Å². The monoisotopic (exact) mass is 248 g/mol. The number of ether oxygens (including phenoxy) is 1. The van der Waals surface area contributed by atoms with Crippen molar-refractivity contribution in [1.29, 1.82) is 0 Å². The van der Waals surface area contributed by atoms with Crippen LogP contribution in [0.2, 0.25) is 0 Å². The maximum atomic E-state index is 11.6. The maximum Gasteiger partial charge on any atom is 0.338 e. The van der Waals surface area contributed by atoms with Gasteiger partial charge in [-0.3, -0.25) is 0 Å². The SMILES string of the molecule is COC(=O)c1cc(N2CC(N(C)C)C2)ccc1C. The summed E-state index contributed by atoms with van der Waals surface area (Å²) in [5.41, 5.74) is 2.71. The van der Waals surface area contributed by atoms with E-state index in [-0.39, 0.29) is 5.97 Å². The molecule has 0 spiro atoms. The van der Waals surface area contributed by atoms with Gasteiger partial charge in [0.05, 0.1) is 12.7 Å². The van der Waals surface area contributed by atoms with Crippen LogP contribution >= 0.6 is 0 Å². The molecule has 0 bridgehead atoms. The molecule has 0 aliphatic carbocycles. The highest BCUT2D eigenvalue weighted by Crippen LogP contribution is 2.25. The zero-order valence-electron chi connectivity index (χ0n) is 11.4. The molecule has 0 unspecified atom stereocenters. The smallest absolute Gasteiger partial charge is 0.338 e. The Kier molecular flexibility index (Phi) is 3.57. The second-order valence-electron chi connectivity index (χ2n) is 5.01. The Morgan fingerprint density at radius 3 is 2.61 bits per heavy atom. The molecule has 0 amide bonds. The van der Waals surface area contributed by atoms with E-state index in [2.05, 4.69) is 30.0 Å². The van der Waals surface area contributed by atoms with Gasteiger partial charge in [-0.05, 0) is 38.7 Å². The number of esters is 1. The Labute approximate surface area is 108 Å². The number of carbonyl (C=O) groups is 1. The molecular formula is C14H20N2O2. The maximum absolute atomic E-state index is 11.6. The predicted octanol–water partition coefficient (Wildman–Crippen LogP) is 1.53. The molecule has 2 rings (SSSR count). The van der Waals surface area contributed by atoms with E-state index >= 15 is 0 Å². The molecule has 0 atom stereocenters. The number of hydrogen-bond donors (Lipinski definition) is 0. The van der Waals surface area contributed by atoms with Gasteiger partial charge in [0.25, 0.3) is 0 Å². The Bertz CT molecular complexity index is 451. The van der Waals surface area contributed by atoms with Crippen LogP contribution in [0.25, 0.3) is 0 Å². The first-order valence-electron chi connectivity index (χ1n) is 6.13. The molecule has 0 aromatic heterocycles. The largest absolute Gasteiger partial charge is 0.465 e. The van der Waals surface area contributed by atoms with E-state index in [0.29, 0.717) is 11.6 Å². The summed E-state index contributed by atoms with van der Waals surface area (Å²) in [7, 11) is 5.61. The fraction of sp³-hybridized carbons (Fsp3) is 0.500. The van der Waals surface area contributed by atoms with E-state index in [1.165, 1.54) is 7.11 Å². The van der Waals surface area contributed by atoms with Gasteiger partial charge in [0.2, 0.25) is 0 Å². The summed E-state index contributed by atoms with van der Waals surface area (Å²) < 4.78 is 4.80. The molecule has 1 heterocycles. The minimum absolute atomic E-state index is 0.265. The van der Waals surface area contributed by atoms with Crippen molar-refractivity contribution in [3.05, 3.63) is 29.3 Å². The van der Waals surface area contributed by atoms with Crippen molar-refractivity contribution in [3.8, 4) is 0 Å². The molecule has 1 aromatic rings. The first-order valence-corrected chi connectivity index (χ1v) is 6.13. The summed E-state index contributed by atoms with van der Waals surface area (Å²) in [4.78, 5) is 16.1. The molecular weight excluding hydrogens is 228 g/mol. The lowest BCUT2D eigenvalue weighted by Crippen LogP contribution is -2.57. The van der Waals surface area contributed by atoms with Gasteiger partial charge in [0, 0.05) is 24.8 Å². The zero-order valence-corrected chi connectivity index (χ0v) is 11.4.